The molecule has 0 aromatic heterocycles. The zero-order chi connectivity index (χ0) is 14.3. The number of likely N-dealkylation sites (tertiary alicyclic amines) is 1. The van der Waals surface area contributed by atoms with Crippen molar-refractivity contribution in [2.45, 2.75) is 25.3 Å². The Morgan fingerprint density at radius 1 is 1.10 bits per heavy atom. The summed E-state index contributed by atoms with van der Waals surface area (Å²) >= 11 is 0. The summed E-state index contributed by atoms with van der Waals surface area (Å²) < 4.78 is 0. The summed E-state index contributed by atoms with van der Waals surface area (Å²) in [4.78, 5) is 5.44. The minimum Gasteiger partial charge on any atom is -0.365 e. The lowest BCUT2D eigenvalue weighted by molar-refractivity contribution is 0.213. The smallest absolute Gasteiger partial charge is 0.0470 e. The average molecular weight is 285 g/mol. The maximum atomic E-state index is 3.57. The molecule has 3 fully saturated rings. The molecule has 1 aromatic carbocycles. The first-order valence-corrected chi connectivity index (χ1v) is 8.59. The van der Waals surface area contributed by atoms with Gasteiger partial charge in [0.05, 0.1) is 0 Å². The maximum absolute atomic E-state index is 3.57. The van der Waals surface area contributed by atoms with Gasteiger partial charge >= 0.3 is 0 Å². The number of rotatable bonds is 2. The monoisotopic (exact) mass is 285 g/mol. The first-order chi connectivity index (χ1) is 10.3. The Kier molecular flexibility index (Phi) is 3.43. The number of hydrogen-bond donors (Lipinski definition) is 1. The second kappa shape index (κ2) is 5.29. The van der Waals surface area contributed by atoms with Crippen molar-refractivity contribution in [2.75, 3.05) is 44.2 Å². The van der Waals surface area contributed by atoms with E-state index in [0.717, 1.165) is 11.8 Å². The molecular weight excluding hydrogens is 258 g/mol. The molecule has 0 amide bonds. The molecule has 0 saturated carbocycles. The van der Waals surface area contributed by atoms with Crippen molar-refractivity contribution >= 4 is 5.69 Å². The number of anilines is 1. The van der Waals surface area contributed by atoms with Gasteiger partial charge in [-0.2, -0.15) is 0 Å². The summed E-state index contributed by atoms with van der Waals surface area (Å²) in [5.74, 6) is 1.73. The van der Waals surface area contributed by atoms with Crippen LogP contribution in [0.2, 0.25) is 0 Å². The van der Waals surface area contributed by atoms with E-state index in [9.17, 15) is 0 Å². The second-order valence-electron chi connectivity index (χ2n) is 7.02. The zero-order valence-corrected chi connectivity index (χ0v) is 13.1. The van der Waals surface area contributed by atoms with E-state index in [2.05, 4.69) is 52.4 Å². The summed E-state index contributed by atoms with van der Waals surface area (Å²) in [6.07, 6.45) is 2.61. The fraction of sp³-hybridized carbons (Fsp3) is 0.667. The molecule has 1 aromatic rings. The van der Waals surface area contributed by atoms with Gasteiger partial charge in [-0.05, 0) is 50.5 Å². The van der Waals surface area contributed by atoms with Crippen LogP contribution in [0.25, 0.3) is 0 Å². The Morgan fingerprint density at radius 3 is 2.57 bits per heavy atom. The fourth-order valence-electron chi connectivity index (χ4n) is 5.10. The van der Waals surface area contributed by atoms with E-state index in [-0.39, 0.29) is 0 Å². The summed E-state index contributed by atoms with van der Waals surface area (Å²) in [5, 5.41) is 3.57. The topological polar surface area (TPSA) is 18.5 Å². The molecule has 3 heteroatoms. The predicted molar refractivity (Wildman–Crippen MR) is 87.7 cm³/mol. The Morgan fingerprint density at radius 2 is 1.86 bits per heavy atom. The van der Waals surface area contributed by atoms with Crippen LogP contribution >= 0.6 is 0 Å². The SMILES string of the molecule is CCN1CC2CN(c3ccccc3)C3(CCNCC3)C2C1. The number of hydrogen-bond acceptors (Lipinski definition) is 3. The van der Waals surface area contributed by atoms with Gasteiger partial charge in [0.25, 0.3) is 0 Å². The number of nitrogens with zero attached hydrogens (tertiary/aromatic N) is 2. The number of benzene rings is 1. The van der Waals surface area contributed by atoms with Crippen LogP contribution in [-0.4, -0.2) is 49.7 Å². The van der Waals surface area contributed by atoms with Gasteiger partial charge in [-0.3, -0.25) is 0 Å². The first-order valence-electron chi connectivity index (χ1n) is 8.59. The van der Waals surface area contributed by atoms with Gasteiger partial charge in [0.15, 0.2) is 0 Å². The molecule has 21 heavy (non-hydrogen) atoms. The van der Waals surface area contributed by atoms with Gasteiger partial charge in [0, 0.05) is 36.8 Å². The maximum Gasteiger partial charge on any atom is 0.0470 e. The van der Waals surface area contributed by atoms with Crippen molar-refractivity contribution in [3.8, 4) is 0 Å². The molecule has 0 aliphatic carbocycles. The van der Waals surface area contributed by atoms with E-state index < -0.39 is 0 Å². The fourth-order valence-corrected chi connectivity index (χ4v) is 5.10. The second-order valence-corrected chi connectivity index (χ2v) is 7.02. The Balaban J connectivity index is 1.68. The number of fused-ring (bicyclic) bond motifs is 2. The standard InChI is InChI=1S/C18H27N3/c1-2-20-12-15-13-21(16-6-4-3-5-7-16)18(17(15)14-20)8-10-19-11-9-18/h3-7,15,17,19H,2,8-14H2,1H3. The zero-order valence-electron chi connectivity index (χ0n) is 13.1. The molecule has 4 rings (SSSR count). The molecule has 3 nitrogen and oxygen atoms in total. The molecule has 0 radical (unpaired) electrons. The van der Waals surface area contributed by atoms with E-state index >= 15 is 0 Å². The minimum absolute atomic E-state index is 0.404. The van der Waals surface area contributed by atoms with E-state index in [4.69, 9.17) is 0 Å². The highest BCUT2D eigenvalue weighted by Gasteiger charge is 2.56. The van der Waals surface area contributed by atoms with Crippen LogP contribution in [0.3, 0.4) is 0 Å². The Labute approximate surface area is 128 Å². The summed E-state index contributed by atoms with van der Waals surface area (Å²) in [6, 6.07) is 11.1. The lowest BCUT2D eigenvalue weighted by atomic mass is 9.75. The molecule has 1 N–H and O–H groups in total. The van der Waals surface area contributed by atoms with Gasteiger partial charge in [-0.25, -0.2) is 0 Å². The van der Waals surface area contributed by atoms with Crippen molar-refractivity contribution in [3.05, 3.63) is 30.3 Å². The van der Waals surface area contributed by atoms with Crippen molar-refractivity contribution in [3.63, 3.8) is 0 Å². The quantitative estimate of drug-likeness (QED) is 0.899. The van der Waals surface area contributed by atoms with Gasteiger partial charge in [0.1, 0.15) is 0 Å². The van der Waals surface area contributed by atoms with E-state index in [1.165, 1.54) is 57.8 Å². The molecule has 2 atom stereocenters. The lowest BCUT2D eigenvalue weighted by Gasteiger charge is -2.47. The van der Waals surface area contributed by atoms with Crippen molar-refractivity contribution < 1.29 is 0 Å². The minimum atomic E-state index is 0.404. The molecule has 0 bridgehead atoms. The summed E-state index contributed by atoms with van der Waals surface area (Å²) in [6.45, 7) is 9.75. The van der Waals surface area contributed by atoms with E-state index in [1.807, 2.05) is 0 Å². The normalized spacial score (nSPS) is 31.8. The third kappa shape index (κ3) is 2.09. The van der Waals surface area contributed by atoms with Crippen LogP contribution in [0.4, 0.5) is 5.69 Å². The van der Waals surface area contributed by atoms with Crippen LogP contribution in [0.5, 0.6) is 0 Å². The highest BCUT2D eigenvalue weighted by molar-refractivity contribution is 5.52. The van der Waals surface area contributed by atoms with Crippen molar-refractivity contribution in [1.82, 2.24) is 10.2 Å². The highest BCUT2D eigenvalue weighted by Crippen LogP contribution is 2.49. The third-order valence-electron chi connectivity index (χ3n) is 6.15. The Hall–Kier alpha value is -1.06. The lowest BCUT2D eigenvalue weighted by Crippen LogP contribution is -2.56. The molecule has 3 heterocycles. The van der Waals surface area contributed by atoms with Gasteiger partial charge < -0.3 is 15.1 Å². The molecule has 1 spiro atoms. The molecule has 2 unspecified atom stereocenters. The number of nitrogens with one attached hydrogen (secondary N) is 1. The number of piperidine rings is 1. The summed E-state index contributed by atoms with van der Waals surface area (Å²) in [7, 11) is 0. The first kappa shape index (κ1) is 13.6. The highest BCUT2D eigenvalue weighted by atomic mass is 15.3. The van der Waals surface area contributed by atoms with Gasteiger partial charge in [-0.1, -0.05) is 25.1 Å². The molecular formula is C18H27N3. The van der Waals surface area contributed by atoms with Gasteiger partial charge in [0.2, 0.25) is 0 Å². The van der Waals surface area contributed by atoms with Crippen LogP contribution < -0.4 is 10.2 Å². The molecule has 3 aliphatic rings. The molecule has 3 aliphatic heterocycles. The van der Waals surface area contributed by atoms with Crippen LogP contribution in [-0.2, 0) is 0 Å². The van der Waals surface area contributed by atoms with Crippen molar-refractivity contribution in [2.24, 2.45) is 11.8 Å². The van der Waals surface area contributed by atoms with E-state index in [1.54, 1.807) is 0 Å². The van der Waals surface area contributed by atoms with Crippen LogP contribution in [0.15, 0.2) is 30.3 Å². The van der Waals surface area contributed by atoms with Gasteiger partial charge in [-0.15, -0.1) is 0 Å². The average Bonchev–Trinajstić information content (AvgIpc) is 3.08. The van der Waals surface area contributed by atoms with Crippen LogP contribution in [0, 0.1) is 11.8 Å². The van der Waals surface area contributed by atoms with Crippen LogP contribution in [0.1, 0.15) is 19.8 Å². The van der Waals surface area contributed by atoms with E-state index in [0.29, 0.717) is 5.54 Å². The summed E-state index contributed by atoms with van der Waals surface area (Å²) in [5.41, 5.74) is 1.85. The van der Waals surface area contributed by atoms with Crippen molar-refractivity contribution in [1.29, 1.82) is 0 Å². The number of para-hydroxylation sites is 1. The molecule has 114 valence electrons. The largest absolute Gasteiger partial charge is 0.365 e. The Bertz CT molecular complexity index is 480. The predicted octanol–water partition coefficient (Wildman–Crippen LogP) is 2.20. The molecule has 3 saturated heterocycles. The third-order valence-corrected chi connectivity index (χ3v) is 6.15.